The third kappa shape index (κ3) is 1.72. The van der Waals surface area contributed by atoms with Gasteiger partial charge in [0.1, 0.15) is 17.6 Å². The van der Waals surface area contributed by atoms with Crippen molar-refractivity contribution in [2.75, 3.05) is 0 Å². The van der Waals surface area contributed by atoms with Gasteiger partial charge in [0.15, 0.2) is 5.58 Å². The number of aliphatic hydroxyl groups excluding tert-OH is 1. The van der Waals surface area contributed by atoms with Crippen molar-refractivity contribution in [1.82, 2.24) is 0 Å². The second-order valence-corrected chi connectivity index (χ2v) is 4.55. The normalized spacial score (nSPS) is 13.1. The maximum atomic E-state index is 10.3. The first-order valence-electron chi connectivity index (χ1n) is 5.57. The van der Waals surface area contributed by atoms with Crippen molar-refractivity contribution < 1.29 is 13.9 Å². The van der Waals surface area contributed by atoms with Gasteiger partial charge in [0.2, 0.25) is 0 Å². The van der Waals surface area contributed by atoms with Gasteiger partial charge in [0, 0.05) is 10.9 Å². The number of para-hydroxylation sites is 1. The number of aryl methyl sites for hydroxylation is 1. The molecule has 0 radical (unpaired) electrons. The fourth-order valence-corrected chi connectivity index (χ4v) is 2.23. The lowest BCUT2D eigenvalue weighted by atomic mass is 10.1. The number of rotatable bonds is 2. The number of benzene rings is 1. The summed E-state index contributed by atoms with van der Waals surface area (Å²) in [6.07, 6.45) is 0.705. The number of furan rings is 2. The van der Waals surface area contributed by atoms with Crippen molar-refractivity contribution >= 4 is 22.6 Å². The molecule has 2 heterocycles. The minimum Gasteiger partial charge on any atom is -0.469 e. The van der Waals surface area contributed by atoms with E-state index in [0.29, 0.717) is 27.7 Å². The smallest absolute Gasteiger partial charge is 0.153 e. The second-order valence-electron chi connectivity index (χ2n) is 4.14. The molecule has 3 nitrogen and oxygen atoms in total. The molecule has 92 valence electrons. The van der Waals surface area contributed by atoms with Gasteiger partial charge in [-0.05, 0) is 25.1 Å². The predicted molar refractivity (Wildman–Crippen MR) is 68.7 cm³/mol. The van der Waals surface area contributed by atoms with E-state index in [4.69, 9.17) is 20.4 Å². The molecule has 3 aromatic rings. The highest BCUT2D eigenvalue weighted by Crippen LogP contribution is 2.32. The summed E-state index contributed by atoms with van der Waals surface area (Å²) in [6, 6.07) is 9.02. The van der Waals surface area contributed by atoms with Gasteiger partial charge in [-0.15, -0.1) is 0 Å². The standard InChI is InChI=1S/C14H11ClO3/c1-8-10(5-6-17-8)13(16)12-7-9-3-2-4-11(15)14(9)18-12/h2-7,13,16H,1H3. The van der Waals surface area contributed by atoms with Gasteiger partial charge in [0.05, 0.1) is 11.3 Å². The molecular formula is C14H11ClO3. The van der Waals surface area contributed by atoms with E-state index in [1.54, 1.807) is 31.4 Å². The van der Waals surface area contributed by atoms with Crippen molar-refractivity contribution in [3.8, 4) is 0 Å². The first kappa shape index (κ1) is 11.4. The molecule has 1 aromatic carbocycles. The second kappa shape index (κ2) is 4.19. The zero-order chi connectivity index (χ0) is 12.7. The van der Waals surface area contributed by atoms with Crippen LogP contribution in [0.1, 0.15) is 23.2 Å². The van der Waals surface area contributed by atoms with E-state index in [2.05, 4.69) is 0 Å². The molecule has 18 heavy (non-hydrogen) atoms. The van der Waals surface area contributed by atoms with Gasteiger partial charge in [-0.25, -0.2) is 0 Å². The lowest BCUT2D eigenvalue weighted by molar-refractivity contribution is 0.190. The van der Waals surface area contributed by atoms with Crippen molar-refractivity contribution in [2.45, 2.75) is 13.0 Å². The Kier molecular flexibility index (Phi) is 2.65. The lowest BCUT2D eigenvalue weighted by Gasteiger charge is -2.05. The van der Waals surface area contributed by atoms with Crippen LogP contribution in [0.25, 0.3) is 11.0 Å². The van der Waals surface area contributed by atoms with E-state index in [-0.39, 0.29) is 0 Å². The Bertz CT molecular complexity index is 696. The SMILES string of the molecule is Cc1occc1C(O)c1cc2cccc(Cl)c2o1. The molecule has 0 amide bonds. The van der Waals surface area contributed by atoms with Crippen LogP contribution in [0, 0.1) is 6.92 Å². The Hall–Kier alpha value is -1.71. The minimum atomic E-state index is -0.841. The molecule has 1 N–H and O–H groups in total. The topological polar surface area (TPSA) is 46.5 Å². The highest BCUT2D eigenvalue weighted by Gasteiger charge is 2.19. The largest absolute Gasteiger partial charge is 0.469 e. The summed E-state index contributed by atoms with van der Waals surface area (Å²) in [6.45, 7) is 1.80. The summed E-state index contributed by atoms with van der Waals surface area (Å²) in [5.74, 6) is 1.14. The molecular weight excluding hydrogens is 252 g/mol. The Labute approximate surface area is 109 Å². The number of hydrogen-bond acceptors (Lipinski definition) is 3. The zero-order valence-electron chi connectivity index (χ0n) is 9.68. The number of aliphatic hydroxyl groups is 1. The molecule has 0 fully saturated rings. The van der Waals surface area contributed by atoms with Gasteiger partial charge >= 0.3 is 0 Å². The monoisotopic (exact) mass is 262 g/mol. The van der Waals surface area contributed by atoms with Gasteiger partial charge in [0.25, 0.3) is 0 Å². The van der Waals surface area contributed by atoms with E-state index in [1.165, 1.54) is 0 Å². The Morgan fingerprint density at radius 3 is 2.78 bits per heavy atom. The Balaban J connectivity index is 2.10. The van der Waals surface area contributed by atoms with Gasteiger partial charge < -0.3 is 13.9 Å². The predicted octanol–water partition coefficient (Wildman–Crippen LogP) is 4.07. The molecule has 1 unspecified atom stereocenters. The molecule has 0 saturated heterocycles. The lowest BCUT2D eigenvalue weighted by Crippen LogP contribution is -1.97. The molecule has 1 atom stereocenters. The number of hydrogen-bond donors (Lipinski definition) is 1. The molecule has 0 saturated carbocycles. The quantitative estimate of drug-likeness (QED) is 0.757. The maximum Gasteiger partial charge on any atom is 0.153 e. The van der Waals surface area contributed by atoms with E-state index in [0.717, 1.165) is 5.39 Å². The summed E-state index contributed by atoms with van der Waals surface area (Å²) < 4.78 is 10.8. The molecule has 0 aliphatic heterocycles. The molecule has 4 heteroatoms. The Morgan fingerprint density at radius 1 is 1.28 bits per heavy atom. The van der Waals surface area contributed by atoms with Crippen molar-refractivity contribution in [2.24, 2.45) is 0 Å². The average molecular weight is 263 g/mol. The average Bonchev–Trinajstić information content (AvgIpc) is 2.95. The summed E-state index contributed by atoms with van der Waals surface area (Å²) in [4.78, 5) is 0. The van der Waals surface area contributed by atoms with Crippen molar-refractivity contribution in [3.63, 3.8) is 0 Å². The van der Waals surface area contributed by atoms with E-state index >= 15 is 0 Å². The van der Waals surface area contributed by atoms with Crippen LogP contribution in [-0.2, 0) is 0 Å². The Morgan fingerprint density at radius 2 is 2.11 bits per heavy atom. The summed E-state index contributed by atoms with van der Waals surface area (Å²) in [5.41, 5.74) is 1.29. The molecule has 3 rings (SSSR count). The molecule has 0 aliphatic carbocycles. The molecule has 0 aliphatic rings. The van der Waals surface area contributed by atoms with Crippen LogP contribution >= 0.6 is 11.6 Å². The zero-order valence-corrected chi connectivity index (χ0v) is 10.4. The van der Waals surface area contributed by atoms with Crippen LogP contribution < -0.4 is 0 Å². The third-order valence-corrected chi connectivity index (χ3v) is 3.28. The van der Waals surface area contributed by atoms with E-state index in [1.807, 2.05) is 12.1 Å². The highest BCUT2D eigenvalue weighted by atomic mass is 35.5. The fourth-order valence-electron chi connectivity index (χ4n) is 2.01. The third-order valence-electron chi connectivity index (χ3n) is 2.98. The molecule has 0 spiro atoms. The molecule has 0 bridgehead atoms. The minimum absolute atomic E-state index is 0.461. The van der Waals surface area contributed by atoms with Gasteiger partial charge in [-0.1, -0.05) is 23.7 Å². The van der Waals surface area contributed by atoms with Crippen molar-refractivity contribution in [3.05, 3.63) is 58.7 Å². The molecule has 2 aromatic heterocycles. The van der Waals surface area contributed by atoms with Crippen LogP contribution in [0.3, 0.4) is 0 Å². The number of fused-ring (bicyclic) bond motifs is 1. The maximum absolute atomic E-state index is 10.3. The van der Waals surface area contributed by atoms with Crippen LogP contribution in [0.15, 0.2) is 45.4 Å². The van der Waals surface area contributed by atoms with Crippen LogP contribution in [0.5, 0.6) is 0 Å². The highest BCUT2D eigenvalue weighted by molar-refractivity contribution is 6.34. The summed E-state index contributed by atoms with van der Waals surface area (Å²) in [5, 5.41) is 11.7. The number of halogens is 1. The summed E-state index contributed by atoms with van der Waals surface area (Å²) >= 11 is 6.04. The van der Waals surface area contributed by atoms with Crippen molar-refractivity contribution in [1.29, 1.82) is 0 Å². The first-order chi connectivity index (χ1) is 8.66. The first-order valence-corrected chi connectivity index (χ1v) is 5.94. The van der Waals surface area contributed by atoms with E-state index in [9.17, 15) is 5.11 Å². The summed E-state index contributed by atoms with van der Waals surface area (Å²) in [7, 11) is 0. The fraction of sp³-hybridized carbons (Fsp3) is 0.143. The van der Waals surface area contributed by atoms with Crippen LogP contribution in [0.4, 0.5) is 0 Å². The van der Waals surface area contributed by atoms with Gasteiger partial charge in [-0.3, -0.25) is 0 Å². The van der Waals surface area contributed by atoms with Crippen LogP contribution in [0.2, 0.25) is 5.02 Å². The van der Waals surface area contributed by atoms with E-state index < -0.39 is 6.10 Å². The van der Waals surface area contributed by atoms with Gasteiger partial charge in [-0.2, -0.15) is 0 Å². The van der Waals surface area contributed by atoms with Crippen LogP contribution in [-0.4, -0.2) is 5.11 Å².